The van der Waals surface area contributed by atoms with Gasteiger partial charge < -0.3 is 19.6 Å². The van der Waals surface area contributed by atoms with Crippen molar-refractivity contribution in [3.05, 3.63) is 16.2 Å². The third-order valence-corrected chi connectivity index (χ3v) is 4.81. The van der Waals surface area contributed by atoms with Gasteiger partial charge in [-0.05, 0) is 20.3 Å². The molecule has 7 nitrogen and oxygen atoms in total. The molecule has 1 unspecified atom stereocenters. The lowest BCUT2D eigenvalue weighted by molar-refractivity contribution is -0.153. The van der Waals surface area contributed by atoms with Crippen LogP contribution in [0.25, 0.3) is 0 Å². The lowest BCUT2D eigenvalue weighted by Gasteiger charge is -2.41. The summed E-state index contributed by atoms with van der Waals surface area (Å²) in [4.78, 5) is 19.0. The maximum atomic E-state index is 14.7. The Labute approximate surface area is 153 Å². The predicted octanol–water partition coefficient (Wildman–Crippen LogP) is 1.13. The molecule has 1 N–H and O–H groups in total. The quantitative estimate of drug-likeness (QED) is 0.776. The molecule has 2 aliphatic rings. The van der Waals surface area contributed by atoms with Crippen molar-refractivity contribution in [1.82, 2.24) is 9.55 Å². The van der Waals surface area contributed by atoms with Crippen LogP contribution >= 0.6 is 0 Å². The van der Waals surface area contributed by atoms with E-state index in [4.69, 9.17) is 4.74 Å². The highest BCUT2D eigenvalue weighted by molar-refractivity contribution is 5.48. The first-order valence-electron chi connectivity index (χ1n) is 8.77. The largest absolute Gasteiger partial charge is 0.408 e. The van der Waals surface area contributed by atoms with Crippen molar-refractivity contribution in [1.29, 1.82) is 0 Å². The second-order valence-electron chi connectivity index (χ2n) is 6.97. The Balaban J connectivity index is 2.12. The minimum atomic E-state index is -4.57. The zero-order valence-corrected chi connectivity index (χ0v) is 15.0. The highest BCUT2D eigenvalue weighted by Crippen LogP contribution is 2.35. The fraction of sp³-hybridized carbons (Fsp3) is 0.750. The number of rotatable bonds is 3. The molecule has 3 rings (SSSR count). The summed E-state index contributed by atoms with van der Waals surface area (Å²) in [7, 11) is 0. The van der Waals surface area contributed by atoms with Crippen molar-refractivity contribution in [2.75, 3.05) is 36.1 Å². The van der Waals surface area contributed by atoms with Gasteiger partial charge in [0, 0.05) is 19.6 Å². The number of β-amino-alcohol motifs (C(OH)–C–C–N with tert-alkyl or cyclic N) is 1. The van der Waals surface area contributed by atoms with E-state index in [-0.39, 0.29) is 37.4 Å². The SMILES string of the molecule is C[C@H](O)CN1c2nc(N3CCOC[C@H]3C)c(F)c(=O)n2CCC1C(F)(F)F. The Morgan fingerprint density at radius 3 is 2.67 bits per heavy atom. The minimum absolute atomic E-state index is 0.271. The van der Waals surface area contributed by atoms with Crippen molar-refractivity contribution in [2.45, 2.75) is 51.2 Å². The first kappa shape index (κ1) is 19.9. The van der Waals surface area contributed by atoms with Crippen LogP contribution in [0.5, 0.6) is 0 Å². The monoisotopic (exact) mass is 394 g/mol. The first-order chi connectivity index (χ1) is 12.6. The average Bonchev–Trinajstić information content (AvgIpc) is 2.57. The van der Waals surface area contributed by atoms with E-state index in [0.717, 1.165) is 9.47 Å². The molecule has 1 aromatic heterocycles. The Hall–Kier alpha value is -1.88. The number of halogens is 4. The van der Waals surface area contributed by atoms with Crippen LogP contribution < -0.4 is 15.4 Å². The third-order valence-electron chi connectivity index (χ3n) is 4.81. The smallest absolute Gasteiger partial charge is 0.392 e. The van der Waals surface area contributed by atoms with Gasteiger partial charge in [0.05, 0.1) is 25.4 Å². The second-order valence-corrected chi connectivity index (χ2v) is 6.97. The van der Waals surface area contributed by atoms with E-state index in [2.05, 4.69) is 4.98 Å². The molecule has 2 aliphatic heterocycles. The summed E-state index contributed by atoms with van der Waals surface area (Å²) in [6.45, 7) is 3.29. The molecule has 27 heavy (non-hydrogen) atoms. The maximum Gasteiger partial charge on any atom is 0.408 e. The Kier molecular flexibility index (Phi) is 5.35. The lowest BCUT2D eigenvalue weighted by Crippen LogP contribution is -2.55. The molecule has 1 fully saturated rings. The number of fused-ring (bicyclic) bond motifs is 1. The van der Waals surface area contributed by atoms with Gasteiger partial charge in [-0.1, -0.05) is 0 Å². The zero-order chi connectivity index (χ0) is 19.9. The number of alkyl halides is 3. The normalized spacial score (nSPS) is 24.7. The average molecular weight is 394 g/mol. The molecule has 3 heterocycles. The van der Waals surface area contributed by atoms with E-state index in [9.17, 15) is 27.5 Å². The fourth-order valence-corrected chi connectivity index (χ4v) is 3.54. The van der Waals surface area contributed by atoms with Gasteiger partial charge in [-0.2, -0.15) is 22.5 Å². The zero-order valence-electron chi connectivity index (χ0n) is 15.0. The van der Waals surface area contributed by atoms with Gasteiger partial charge in [-0.15, -0.1) is 0 Å². The predicted molar refractivity (Wildman–Crippen MR) is 89.6 cm³/mol. The molecule has 1 aromatic rings. The van der Waals surface area contributed by atoms with Crippen molar-refractivity contribution in [2.24, 2.45) is 0 Å². The fourth-order valence-electron chi connectivity index (χ4n) is 3.54. The van der Waals surface area contributed by atoms with Crippen molar-refractivity contribution in [3.8, 4) is 0 Å². The number of aromatic nitrogens is 2. The molecule has 0 radical (unpaired) electrons. The van der Waals surface area contributed by atoms with Crippen LogP contribution in [0.1, 0.15) is 20.3 Å². The Bertz CT molecular complexity index is 752. The number of aliphatic hydroxyl groups excluding tert-OH is 1. The van der Waals surface area contributed by atoms with Gasteiger partial charge >= 0.3 is 6.18 Å². The van der Waals surface area contributed by atoms with Crippen molar-refractivity contribution >= 4 is 11.8 Å². The second kappa shape index (κ2) is 7.27. The summed E-state index contributed by atoms with van der Waals surface area (Å²) in [6, 6.07) is -2.19. The maximum absolute atomic E-state index is 14.7. The lowest BCUT2D eigenvalue weighted by atomic mass is 10.1. The van der Waals surface area contributed by atoms with E-state index >= 15 is 0 Å². The highest BCUT2D eigenvalue weighted by atomic mass is 19.4. The number of ether oxygens (including phenoxy) is 1. The number of hydrogen-bond acceptors (Lipinski definition) is 6. The number of nitrogens with zero attached hydrogens (tertiary/aromatic N) is 4. The van der Waals surface area contributed by atoms with E-state index in [1.807, 2.05) is 0 Å². The van der Waals surface area contributed by atoms with Crippen LogP contribution in [-0.2, 0) is 11.3 Å². The molecular weight excluding hydrogens is 372 g/mol. The molecule has 3 atom stereocenters. The molecule has 0 spiro atoms. The summed E-state index contributed by atoms with van der Waals surface area (Å²) in [6.07, 6.45) is -6.08. The molecule has 0 aromatic carbocycles. The summed E-state index contributed by atoms with van der Waals surface area (Å²) < 4.78 is 61.4. The van der Waals surface area contributed by atoms with Gasteiger partial charge in [0.25, 0.3) is 5.56 Å². The summed E-state index contributed by atoms with van der Waals surface area (Å²) >= 11 is 0. The minimum Gasteiger partial charge on any atom is -0.392 e. The van der Waals surface area contributed by atoms with Crippen LogP contribution in [0.15, 0.2) is 4.79 Å². The molecule has 0 amide bonds. The number of morpholine rings is 1. The molecular formula is C16H22F4N4O3. The molecule has 11 heteroatoms. The van der Waals surface area contributed by atoms with Crippen LogP contribution in [0.2, 0.25) is 0 Å². The Morgan fingerprint density at radius 1 is 1.37 bits per heavy atom. The first-order valence-corrected chi connectivity index (χ1v) is 8.77. The van der Waals surface area contributed by atoms with Gasteiger partial charge in [0.15, 0.2) is 5.82 Å². The molecule has 0 bridgehead atoms. The number of hydrogen-bond donors (Lipinski definition) is 1. The van der Waals surface area contributed by atoms with Gasteiger partial charge in [0.2, 0.25) is 11.8 Å². The van der Waals surface area contributed by atoms with Crippen molar-refractivity contribution < 1.29 is 27.4 Å². The summed E-state index contributed by atoms with van der Waals surface area (Å²) in [5, 5.41) is 9.67. The number of anilines is 2. The molecule has 152 valence electrons. The van der Waals surface area contributed by atoms with Crippen LogP contribution in [-0.4, -0.2) is 65.3 Å². The standard InChI is InChI=1S/C16H22F4N4O3/c1-9-8-27-6-5-22(9)13-12(17)14(26)23-4-3-11(16(18,19)20)24(7-10(2)25)15(23)21-13/h9-11,25H,3-8H2,1-2H3/t9-,10+,11?/m1/s1. The molecule has 1 saturated heterocycles. The van der Waals surface area contributed by atoms with E-state index < -0.39 is 36.1 Å². The van der Waals surface area contributed by atoms with Gasteiger partial charge in [0.1, 0.15) is 6.04 Å². The van der Waals surface area contributed by atoms with Gasteiger partial charge in [-0.3, -0.25) is 9.36 Å². The molecule has 0 aliphatic carbocycles. The summed E-state index contributed by atoms with van der Waals surface area (Å²) in [5.41, 5.74) is -1.01. The van der Waals surface area contributed by atoms with Crippen LogP contribution in [0, 0.1) is 5.82 Å². The highest BCUT2D eigenvalue weighted by Gasteiger charge is 2.47. The van der Waals surface area contributed by atoms with Crippen LogP contribution in [0.3, 0.4) is 0 Å². The van der Waals surface area contributed by atoms with Gasteiger partial charge in [-0.25, -0.2) is 0 Å². The van der Waals surface area contributed by atoms with E-state index in [1.54, 1.807) is 6.92 Å². The van der Waals surface area contributed by atoms with Crippen LogP contribution in [0.4, 0.5) is 29.3 Å². The Morgan fingerprint density at radius 2 is 2.07 bits per heavy atom. The topological polar surface area (TPSA) is 70.8 Å². The van der Waals surface area contributed by atoms with E-state index in [0.29, 0.717) is 13.2 Å². The third kappa shape index (κ3) is 3.75. The summed E-state index contributed by atoms with van der Waals surface area (Å²) in [5.74, 6) is -1.64. The number of aliphatic hydroxyl groups is 1. The molecule has 0 saturated carbocycles. The van der Waals surface area contributed by atoms with E-state index in [1.165, 1.54) is 11.8 Å². The van der Waals surface area contributed by atoms with Crippen molar-refractivity contribution in [3.63, 3.8) is 0 Å².